The van der Waals surface area contributed by atoms with Crippen LogP contribution in [0.15, 0.2) is 35.1 Å². The molecule has 0 amide bonds. The van der Waals surface area contributed by atoms with Crippen LogP contribution in [0.25, 0.3) is 0 Å². The zero-order valence-corrected chi connectivity index (χ0v) is 12.7. The Morgan fingerprint density at radius 2 is 2.10 bits per heavy atom. The third-order valence-corrected chi connectivity index (χ3v) is 3.80. The molecule has 0 saturated carbocycles. The smallest absolute Gasteiger partial charge is 0.251 e. The van der Waals surface area contributed by atoms with Crippen molar-refractivity contribution >= 4 is 0 Å². The highest BCUT2D eigenvalue weighted by molar-refractivity contribution is 5.43. The van der Waals surface area contributed by atoms with E-state index in [1.54, 1.807) is 6.07 Å². The van der Waals surface area contributed by atoms with Crippen LogP contribution in [0.1, 0.15) is 49.3 Å². The maximum absolute atomic E-state index is 11.9. The zero-order chi connectivity index (χ0) is 15.0. The van der Waals surface area contributed by atoms with Crippen LogP contribution < -0.4 is 10.9 Å². The number of hydrogen-bond acceptors (Lipinski definition) is 3. The van der Waals surface area contributed by atoms with Crippen LogP contribution in [0.3, 0.4) is 0 Å². The Labute approximate surface area is 124 Å². The lowest BCUT2D eigenvalue weighted by Gasteiger charge is -2.29. The first-order valence-electron chi connectivity index (χ1n) is 7.35. The fraction of sp³-hybridized carbons (Fsp3) is 0.412. The maximum atomic E-state index is 11.9. The summed E-state index contributed by atoms with van der Waals surface area (Å²) in [4.78, 5) is 19.4. The monoisotopic (exact) mass is 283 g/mol. The van der Waals surface area contributed by atoms with Crippen molar-refractivity contribution in [3.63, 3.8) is 0 Å². The summed E-state index contributed by atoms with van der Waals surface area (Å²) in [5.41, 5.74) is 3.36. The molecule has 4 heteroatoms. The lowest BCUT2D eigenvalue weighted by atomic mass is 9.77. The van der Waals surface area contributed by atoms with E-state index < -0.39 is 0 Å². The van der Waals surface area contributed by atoms with E-state index in [1.165, 1.54) is 11.1 Å². The molecule has 1 aromatic carbocycles. The predicted molar refractivity (Wildman–Crippen MR) is 83.4 cm³/mol. The van der Waals surface area contributed by atoms with Gasteiger partial charge in [-0.25, -0.2) is 4.98 Å². The number of aromatic nitrogens is 2. The Morgan fingerprint density at radius 3 is 2.81 bits per heavy atom. The van der Waals surface area contributed by atoms with Gasteiger partial charge >= 0.3 is 0 Å². The number of H-pyrrole nitrogens is 1. The quantitative estimate of drug-likeness (QED) is 0.909. The van der Waals surface area contributed by atoms with Crippen molar-refractivity contribution in [2.75, 3.05) is 0 Å². The molecule has 1 unspecified atom stereocenters. The molecule has 0 spiro atoms. The van der Waals surface area contributed by atoms with Crippen molar-refractivity contribution in [3.05, 3.63) is 63.3 Å². The normalized spacial score (nSPS) is 17.2. The SMILES string of the molecule is CC(C)(C)NCc1cc(=O)[nH]c(C2Cc3ccccc32)n1. The number of nitrogens with zero attached hydrogens (tertiary/aromatic N) is 1. The largest absolute Gasteiger partial charge is 0.310 e. The van der Waals surface area contributed by atoms with E-state index in [1.807, 2.05) is 6.07 Å². The van der Waals surface area contributed by atoms with Crippen molar-refractivity contribution in [2.24, 2.45) is 0 Å². The van der Waals surface area contributed by atoms with Gasteiger partial charge in [0.05, 0.1) is 5.69 Å². The Hall–Kier alpha value is -1.94. The van der Waals surface area contributed by atoms with Crippen molar-refractivity contribution < 1.29 is 0 Å². The molecule has 0 radical (unpaired) electrons. The number of hydrogen-bond donors (Lipinski definition) is 2. The van der Waals surface area contributed by atoms with Gasteiger partial charge in [-0.2, -0.15) is 0 Å². The van der Waals surface area contributed by atoms with Crippen molar-refractivity contribution in [2.45, 2.75) is 45.2 Å². The second kappa shape index (κ2) is 5.11. The second-order valence-electron chi connectivity index (χ2n) is 6.68. The molecule has 1 heterocycles. The van der Waals surface area contributed by atoms with Crippen molar-refractivity contribution in [1.29, 1.82) is 0 Å². The van der Waals surface area contributed by atoms with Gasteiger partial charge in [0.15, 0.2) is 0 Å². The molecule has 2 N–H and O–H groups in total. The van der Waals surface area contributed by atoms with Gasteiger partial charge in [0.25, 0.3) is 5.56 Å². The standard InChI is InChI=1S/C17H21N3O/c1-17(2,3)18-10-12-9-15(21)20-16(19-12)14-8-11-6-4-5-7-13(11)14/h4-7,9,14,18H,8,10H2,1-3H3,(H,19,20,21). The van der Waals surface area contributed by atoms with Gasteiger partial charge in [0.2, 0.25) is 0 Å². The van der Waals surface area contributed by atoms with Gasteiger partial charge in [-0.1, -0.05) is 24.3 Å². The van der Waals surface area contributed by atoms with Gasteiger partial charge in [-0.3, -0.25) is 4.79 Å². The predicted octanol–water partition coefficient (Wildman–Crippen LogP) is 2.35. The number of nitrogens with one attached hydrogen (secondary N) is 2. The molecule has 1 atom stereocenters. The molecule has 1 aliphatic carbocycles. The molecule has 1 aromatic heterocycles. The van der Waals surface area contributed by atoms with E-state index in [0.29, 0.717) is 6.54 Å². The van der Waals surface area contributed by atoms with E-state index in [9.17, 15) is 4.79 Å². The van der Waals surface area contributed by atoms with E-state index in [-0.39, 0.29) is 17.0 Å². The average molecular weight is 283 g/mol. The molecule has 21 heavy (non-hydrogen) atoms. The zero-order valence-electron chi connectivity index (χ0n) is 12.7. The topological polar surface area (TPSA) is 57.8 Å². The number of aromatic amines is 1. The van der Waals surface area contributed by atoms with Crippen molar-refractivity contribution in [1.82, 2.24) is 15.3 Å². The molecule has 4 nitrogen and oxygen atoms in total. The van der Waals surface area contributed by atoms with Gasteiger partial charge in [0, 0.05) is 24.1 Å². The lowest BCUT2D eigenvalue weighted by molar-refractivity contribution is 0.420. The van der Waals surface area contributed by atoms with Gasteiger partial charge < -0.3 is 10.3 Å². The highest BCUT2D eigenvalue weighted by atomic mass is 16.1. The molecule has 1 aliphatic rings. The van der Waals surface area contributed by atoms with Gasteiger partial charge in [-0.15, -0.1) is 0 Å². The van der Waals surface area contributed by atoms with Crippen LogP contribution in [0, 0.1) is 0 Å². The van der Waals surface area contributed by atoms with E-state index in [0.717, 1.165) is 17.9 Å². The van der Waals surface area contributed by atoms with E-state index >= 15 is 0 Å². The molecule has 0 bridgehead atoms. The third-order valence-electron chi connectivity index (χ3n) is 3.80. The third kappa shape index (κ3) is 3.05. The second-order valence-corrected chi connectivity index (χ2v) is 6.68. The van der Waals surface area contributed by atoms with Crippen molar-refractivity contribution in [3.8, 4) is 0 Å². The Bertz CT molecular complexity index is 712. The van der Waals surface area contributed by atoms with Crippen LogP contribution in [-0.2, 0) is 13.0 Å². The van der Waals surface area contributed by atoms with Gasteiger partial charge in [-0.05, 0) is 38.3 Å². The van der Waals surface area contributed by atoms with E-state index in [2.05, 4.69) is 54.3 Å². The van der Waals surface area contributed by atoms with Gasteiger partial charge in [0.1, 0.15) is 5.82 Å². The van der Waals surface area contributed by atoms with Crippen LogP contribution in [0.5, 0.6) is 0 Å². The first kappa shape index (κ1) is 14.0. The van der Waals surface area contributed by atoms with Crippen LogP contribution >= 0.6 is 0 Å². The maximum Gasteiger partial charge on any atom is 0.251 e. The number of fused-ring (bicyclic) bond motifs is 1. The summed E-state index contributed by atoms with van der Waals surface area (Å²) in [7, 11) is 0. The molecule has 0 fully saturated rings. The molecule has 0 saturated heterocycles. The van der Waals surface area contributed by atoms with Crippen LogP contribution in [0.2, 0.25) is 0 Å². The molecule has 110 valence electrons. The summed E-state index contributed by atoms with van der Waals surface area (Å²) in [5.74, 6) is 1.01. The summed E-state index contributed by atoms with van der Waals surface area (Å²) in [6, 6.07) is 9.91. The first-order chi connectivity index (χ1) is 9.92. The minimum Gasteiger partial charge on any atom is -0.310 e. The molecule has 0 aliphatic heterocycles. The average Bonchev–Trinajstić information content (AvgIpc) is 2.37. The molecule has 2 aromatic rings. The molecular weight excluding hydrogens is 262 g/mol. The summed E-state index contributed by atoms with van der Waals surface area (Å²) >= 11 is 0. The Kier molecular flexibility index (Phi) is 3.41. The highest BCUT2D eigenvalue weighted by Crippen LogP contribution is 2.37. The number of rotatable bonds is 3. The van der Waals surface area contributed by atoms with Crippen LogP contribution in [-0.4, -0.2) is 15.5 Å². The summed E-state index contributed by atoms with van der Waals surface area (Å²) in [6.07, 6.45) is 0.954. The Morgan fingerprint density at radius 1 is 1.33 bits per heavy atom. The van der Waals surface area contributed by atoms with Crippen LogP contribution in [0.4, 0.5) is 0 Å². The molecule has 3 rings (SSSR count). The Balaban J connectivity index is 1.85. The fourth-order valence-electron chi connectivity index (χ4n) is 2.64. The highest BCUT2D eigenvalue weighted by Gasteiger charge is 2.29. The summed E-state index contributed by atoms with van der Waals surface area (Å²) < 4.78 is 0. The fourth-order valence-corrected chi connectivity index (χ4v) is 2.64. The number of benzene rings is 1. The first-order valence-corrected chi connectivity index (χ1v) is 7.35. The lowest BCUT2D eigenvalue weighted by Crippen LogP contribution is -2.36. The molecular formula is C17H21N3O. The summed E-state index contributed by atoms with van der Waals surface area (Å²) in [6.45, 7) is 6.91. The minimum absolute atomic E-state index is 0.00746. The van der Waals surface area contributed by atoms with E-state index in [4.69, 9.17) is 0 Å². The minimum atomic E-state index is -0.0740. The summed E-state index contributed by atoms with van der Waals surface area (Å²) in [5, 5.41) is 3.37.